The second kappa shape index (κ2) is 9.69. The van der Waals surface area contributed by atoms with Crippen molar-refractivity contribution < 1.29 is 13.9 Å². The Bertz CT molecular complexity index is 850. The Hall–Kier alpha value is -2.28. The molecule has 6 heteroatoms. The van der Waals surface area contributed by atoms with E-state index in [1.807, 2.05) is 0 Å². The highest BCUT2D eigenvalue weighted by Crippen LogP contribution is 2.15. The predicted octanol–water partition coefficient (Wildman–Crippen LogP) is 2.79. The van der Waals surface area contributed by atoms with Gasteiger partial charge in [0.2, 0.25) is 0 Å². The molecule has 0 bridgehead atoms. The number of amides is 1. The third kappa shape index (κ3) is 5.25. The lowest BCUT2D eigenvalue weighted by atomic mass is 10.1. The fraction of sp³-hybridized carbons (Fsp3) is 0.458. The van der Waals surface area contributed by atoms with Crippen LogP contribution in [0.1, 0.15) is 21.5 Å². The monoisotopic (exact) mass is 411 g/mol. The summed E-state index contributed by atoms with van der Waals surface area (Å²) in [6.07, 6.45) is 0.179. The number of benzene rings is 2. The van der Waals surface area contributed by atoms with Crippen molar-refractivity contribution in [2.75, 3.05) is 52.4 Å². The van der Waals surface area contributed by atoms with Crippen LogP contribution in [0.3, 0.4) is 0 Å². The van der Waals surface area contributed by atoms with Crippen molar-refractivity contribution >= 4 is 5.91 Å². The molecule has 160 valence electrons. The molecular formula is C24H30FN3O2. The molecule has 30 heavy (non-hydrogen) atoms. The minimum absolute atomic E-state index is 0.160. The largest absolute Gasteiger partial charge is 0.374 e. The summed E-state index contributed by atoms with van der Waals surface area (Å²) in [7, 11) is 0. The van der Waals surface area contributed by atoms with Crippen molar-refractivity contribution in [3.05, 3.63) is 71.0 Å². The van der Waals surface area contributed by atoms with Gasteiger partial charge in [-0.15, -0.1) is 0 Å². The fourth-order valence-corrected chi connectivity index (χ4v) is 4.21. The number of hydrogen-bond donors (Lipinski definition) is 0. The molecule has 2 aromatic rings. The molecule has 1 unspecified atom stereocenters. The number of hydrogen-bond acceptors (Lipinski definition) is 4. The topological polar surface area (TPSA) is 36.0 Å². The van der Waals surface area contributed by atoms with Gasteiger partial charge in [0.1, 0.15) is 5.82 Å². The molecule has 0 saturated carbocycles. The Labute approximate surface area is 178 Å². The minimum atomic E-state index is -0.450. The van der Waals surface area contributed by atoms with Gasteiger partial charge in [0.05, 0.1) is 18.3 Å². The van der Waals surface area contributed by atoms with Crippen LogP contribution in [0.2, 0.25) is 0 Å². The molecule has 2 aliphatic heterocycles. The summed E-state index contributed by atoms with van der Waals surface area (Å²) >= 11 is 0. The molecule has 4 rings (SSSR count). The van der Waals surface area contributed by atoms with Gasteiger partial charge < -0.3 is 9.64 Å². The average molecular weight is 412 g/mol. The third-order valence-corrected chi connectivity index (χ3v) is 5.98. The van der Waals surface area contributed by atoms with Gasteiger partial charge in [0.15, 0.2) is 0 Å². The van der Waals surface area contributed by atoms with Crippen molar-refractivity contribution in [3.8, 4) is 0 Å². The minimum Gasteiger partial charge on any atom is -0.374 e. The van der Waals surface area contributed by atoms with Crippen LogP contribution in [0.4, 0.5) is 4.39 Å². The molecule has 2 aromatic carbocycles. The van der Waals surface area contributed by atoms with E-state index in [0.29, 0.717) is 13.1 Å². The summed E-state index contributed by atoms with van der Waals surface area (Å²) in [5, 5.41) is 0. The summed E-state index contributed by atoms with van der Waals surface area (Å²) < 4.78 is 19.9. The Balaban J connectivity index is 1.25. The Morgan fingerprint density at radius 2 is 1.73 bits per heavy atom. The van der Waals surface area contributed by atoms with Crippen molar-refractivity contribution in [1.82, 2.24) is 14.7 Å². The Morgan fingerprint density at radius 1 is 1.00 bits per heavy atom. The molecule has 2 saturated heterocycles. The van der Waals surface area contributed by atoms with Gasteiger partial charge in [-0.1, -0.05) is 42.0 Å². The summed E-state index contributed by atoms with van der Waals surface area (Å²) in [6.45, 7) is 9.37. The van der Waals surface area contributed by atoms with E-state index < -0.39 is 5.82 Å². The molecule has 0 aromatic heterocycles. The number of ether oxygens (including phenoxy) is 1. The Kier molecular flexibility index (Phi) is 6.77. The van der Waals surface area contributed by atoms with Gasteiger partial charge in [-0.3, -0.25) is 14.6 Å². The third-order valence-electron chi connectivity index (χ3n) is 5.98. The van der Waals surface area contributed by atoms with Gasteiger partial charge >= 0.3 is 0 Å². The number of carbonyl (C=O) groups is 1. The lowest BCUT2D eigenvalue weighted by Gasteiger charge is -2.39. The van der Waals surface area contributed by atoms with Gasteiger partial charge in [-0.05, 0) is 24.6 Å². The van der Waals surface area contributed by atoms with E-state index in [1.54, 1.807) is 23.1 Å². The average Bonchev–Trinajstić information content (AvgIpc) is 2.76. The van der Waals surface area contributed by atoms with E-state index >= 15 is 0 Å². The van der Waals surface area contributed by atoms with Crippen LogP contribution in [0.5, 0.6) is 0 Å². The molecule has 0 N–H and O–H groups in total. The number of nitrogens with zero attached hydrogens (tertiary/aromatic N) is 3. The van der Waals surface area contributed by atoms with Gasteiger partial charge in [-0.2, -0.15) is 0 Å². The molecular weight excluding hydrogens is 381 g/mol. The van der Waals surface area contributed by atoms with E-state index in [-0.39, 0.29) is 17.6 Å². The maximum absolute atomic E-state index is 13.9. The summed E-state index contributed by atoms with van der Waals surface area (Å²) in [5.74, 6) is -0.667. The van der Waals surface area contributed by atoms with E-state index in [2.05, 4.69) is 41.0 Å². The zero-order valence-electron chi connectivity index (χ0n) is 17.6. The summed E-state index contributed by atoms with van der Waals surface area (Å²) in [4.78, 5) is 19.1. The van der Waals surface area contributed by atoms with Crippen LogP contribution in [0.25, 0.3) is 0 Å². The van der Waals surface area contributed by atoms with Crippen LogP contribution in [0, 0.1) is 12.7 Å². The lowest BCUT2D eigenvalue weighted by Crippen LogP contribution is -2.53. The van der Waals surface area contributed by atoms with Gasteiger partial charge in [0, 0.05) is 52.4 Å². The molecule has 2 fully saturated rings. The quantitative estimate of drug-likeness (QED) is 0.758. The predicted molar refractivity (Wildman–Crippen MR) is 115 cm³/mol. The smallest absolute Gasteiger partial charge is 0.256 e. The lowest BCUT2D eigenvalue weighted by molar-refractivity contribution is -0.0497. The second-order valence-electron chi connectivity index (χ2n) is 8.29. The normalized spacial score (nSPS) is 21.0. The first-order valence-electron chi connectivity index (χ1n) is 10.7. The number of aryl methyl sites for hydroxylation is 1. The number of piperazine rings is 1. The van der Waals surface area contributed by atoms with Crippen LogP contribution in [0.15, 0.2) is 48.5 Å². The molecule has 0 spiro atoms. The number of carbonyl (C=O) groups excluding carboxylic acids is 1. The molecule has 2 aliphatic rings. The van der Waals surface area contributed by atoms with Gasteiger partial charge in [0.25, 0.3) is 5.91 Å². The first-order valence-corrected chi connectivity index (χ1v) is 10.7. The van der Waals surface area contributed by atoms with Crippen molar-refractivity contribution in [2.24, 2.45) is 0 Å². The van der Waals surface area contributed by atoms with Crippen molar-refractivity contribution in [3.63, 3.8) is 0 Å². The standard InChI is InChI=1S/C24H30FN3O2/c1-19-6-8-20(9-7-19)16-27-14-15-30-21(18-27)17-26-10-12-28(13-11-26)24(29)22-4-2-3-5-23(22)25/h2-9,21H,10-18H2,1H3. The van der Waals surface area contributed by atoms with E-state index in [1.165, 1.54) is 17.2 Å². The SMILES string of the molecule is Cc1ccc(CN2CCOC(CN3CCN(C(=O)c4ccccc4F)CC3)C2)cc1. The highest BCUT2D eigenvalue weighted by atomic mass is 19.1. The van der Waals surface area contributed by atoms with E-state index in [0.717, 1.165) is 45.9 Å². The maximum Gasteiger partial charge on any atom is 0.256 e. The molecule has 0 aliphatic carbocycles. The maximum atomic E-state index is 13.9. The highest BCUT2D eigenvalue weighted by molar-refractivity contribution is 5.94. The molecule has 0 radical (unpaired) electrons. The number of rotatable bonds is 5. The van der Waals surface area contributed by atoms with E-state index in [4.69, 9.17) is 4.74 Å². The first kappa shape index (κ1) is 21.0. The number of halogens is 1. The summed E-state index contributed by atoms with van der Waals surface area (Å²) in [6, 6.07) is 14.9. The molecule has 2 heterocycles. The van der Waals surface area contributed by atoms with Crippen LogP contribution in [-0.4, -0.2) is 79.1 Å². The van der Waals surface area contributed by atoms with Crippen LogP contribution in [-0.2, 0) is 11.3 Å². The van der Waals surface area contributed by atoms with Crippen LogP contribution < -0.4 is 0 Å². The molecule has 1 atom stereocenters. The molecule has 1 amide bonds. The zero-order chi connectivity index (χ0) is 20.9. The summed E-state index contributed by atoms with van der Waals surface area (Å²) in [5.41, 5.74) is 2.78. The fourth-order valence-electron chi connectivity index (χ4n) is 4.21. The first-order chi connectivity index (χ1) is 14.6. The Morgan fingerprint density at radius 3 is 2.47 bits per heavy atom. The van der Waals surface area contributed by atoms with E-state index in [9.17, 15) is 9.18 Å². The second-order valence-corrected chi connectivity index (χ2v) is 8.29. The molecule has 5 nitrogen and oxygen atoms in total. The zero-order valence-corrected chi connectivity index (χ0v) is 17.6. The van der Waals surface area contributed by atoms with Gasteiger partial charge in [-0.25, -0.2) is 4.39 Å². The number of morpholine rings is 1. The van der Waals surface area contributed by atoms with Crippen molar-refractivity contribution in [1.29, 1.82) is 0 Å². The van der Waals surface area contributed by atoms with Crippen molar-refractivity contribution in [2.45, 2.75) is 19.6 Å². The van der Waals surface area contributed by atoms with Crippen LogP contribution >= 0.6 is 0 Å². The highest BCUT2D eigenvalue weighted by Gasteiger charge is 2.27.